The van der Waals surface area contributed by atoms with Crippen molar-refractivity contribution in [3.8, 4) is 0 Å². The number of rotatable bonds is 3. The summed E-state index contributed by atoms with van der Waals surface area (Å²) in [6.07, 6.45) is 4.09. The molecule has 2 aliphatic rings. The summed E-state index contributed by atoms with van der Waals surface area (Å²) in [6, 6.07) is 1.36. The zero-order valence-electron chi connectivity index (χ0n) is 13.9. The summed E-state index contributed by atoms with van der Waals surface area (Å²) in [6.45, 7) is 12.5. The molecule has 1 aliphatic heterocycles. The third-order valence-corrected chi connectivity index (χ3v) is 5.71. The van der Waals surface area contributed by atoms with E-state index in [9.17, 15) is 0 Å². The van der Waals surface area contributed by atoms with Crippen molar-refractivity contribution in [1.29, 1.82) is 0 Å². The molecule has 0 radical (unpaired) electrons. The highest BCUT2D eigenvalue weighted by atomic mass is 32.1. The average Bonchev–Trinajstić information content (AvgIpc) is 3.15. The molecule has 0 spiro atoms. The molecule has 118 valence electrons. The first kappa shape index (κ1) is 15.4. The minimum Gasteiger partial charge on any atom is -0.312 e. The first-order valence-corrected chi connectivity index (χ1v) is 9.24. The van der Waals surface area contributed by atoms with E-state index in [0.29, 0.717) is 12.1 Å². The molecular formula is C17H29N3S. The summed E-state index contributed by atoms with van der Waals surface area (Å²) in [4.78, 5) is 7.53. The zero-order valence-corrected chi connectivity index (χ0v) is 14.7. The summed E-state index contributed by atoms with van der Waals surface area (Å²) in [7, 11) is 0. The Kier molecular flexibility index (Phi) is 4.40. The maximum atomic E-state index is 4.88. The molecule has 0 bridgehead atoms. The van der Waals surface area contributed by atoms with Crippen molar-refractivity contribution in [3.05, 3.63) is 16.1 Å². The molecule has 21 heavy (non-hydrogen) atoms. The fourth-order valence-corrected chi connectivity index (χ4v) is 4.14. The van der Waals surface area contributed by atoms with E-state index in [2.05, 4.69) is 43.3 Å². The quantitative estimate of drug-likeness (QED) is 0.927. The third-order valence-electron chi connectivity index (χ3n) is 4.87. The highest BCUT2D eigenvalue weighted by molar-refractivity contribution is 7.09. The van der Waals surface area contributed by atoms with Crippen molar-refractivity contribution in [2.75, 3.05) is 13.1 Å². The van der Waals surface area contributed by atoms with Gasteiger partial charge in [-0.1, -0.05) is 20.8 Å². The van der Waals surface area contributed by atoms with Crippen LogP contribution in [0.4, 0.5) is 0 Å². The summed E-state index contributed by atoms with van der Waals surface area (Å²) in [5.41, 5.74) is 1.40. The van der Waals surface area contributed by atoms with E-state index in [-0.39, 0.29) is 5.41 Å². The van der Waals surface area contributed by atoms with Gasteiger partial charge in [0.05, 0.1) is 12.2 Å². The van der Waals surface area contributed by atoms with Crippen LogP contribution in [0.2, 0.25) is 0 Å². The number of nitrogens with one attached hydrogen (secondary N) is 1. The molecule has 4 heteroatoms. The van der Waals surface area contributed by atoms with Crippen molar-refractivity contribution < 1.29 is 0 Å². The molecule has 1 aliphatic carbocycles. The molecule has 2 heterocycles. The van der Waals surface area contributed by atoms with E-state index in [4.69, 9.17) is 4.98 Å². The SMILES string of the molecule is CC1CCNC(C2CC2)CN1Cc1nc(C(C)(C)C)cs1. The molecule has 0 aromatic carbocycles. The van der Waals surface area contributed by atoms with E-state index < -0.39 is 0 Å². The van der Waals surface area contributed by atoms with E-state index in [1.54, 1.807) is 0 Å². The van der Waals surface area contributed by atoms with Gasteiger partial charge in [-0.2, -0.15) is 0 Å². The van der Waals surface area contributed by atoms with Crippen LogP contribution < -0.4 is 5.32 Å². The molecule has 2 unspecified atom stereocenters. The van der Waals surface area contributed by atoms with Gasteiger partial charge in [-0.05, 0) is 38.6 Å². The van der Waals surface area contributed by atoms with Crippen molar-refractivity contribution >= 4 is 11.3 Å². The lowest BCUT2D eigenvalue weighted by molar-refractivity contribution is 0.190. The Morgan fingerprint density at radius 1 is 1.33 bits per heavy atom. The normalized spacial score (nSPS) is 28.6. The fraction of sp³-hybridized carbons (Fsp3) is 0.824. The van der Waals surface area contributed by atoms with Gasteiger partial charge in [0.25, 0.3) is 0 Å². The maximum Gasteiger partial charge on any atom is 0.107 e. The van der Waals surface area contributed by atoms with Crippen LogP contribution in [0, 0.1) is 5.92 Å². The number of hydrogen-bond acceptors (Lipinski definition) is 4. The minimum absolute atomic E-state index is 0.164. The van der Waals surface area contributed by atoms with Gasteiger partial charge in [0, 0.05) is 29.4 Å². The van der Waals surface area contributed by atoms with Gasteiger partial charge < -0.3 is 5.32 Å². The average molecular weight is 308 g/mol. The van der Waals surface area contributed by atoms with Gasteiger partial charge in [0.2, 0.25) is 0 Å². The van der Waals surface area contributed by atoms with Gasteiger partial charge >= 0.3 is 0 Å². The van der Waals surface area contributed by atoms with E-state index in [1.165, 1.54) is 43.1 Å². The summed E-state index contributed by atoms with van der Waals surface area (Å²) < 4.78 is 0. The second kappa shape index (κ2) is 5.98. The molecule has 3 nitrogen and oxygen atoms in total. The highest BCUT2D eigenvalue weighted by Crippen LogP contribution is 2.34. The topological polar surface area (TPSA) is 28.2 Å². The van der Waals surface area contributed by atoms with Gasteiger partial charge in [0.1, 0.15) is 5.01 Å². The van der Waals surface area contributed by atoms with Crippen LogP contribution >= 0.6 is 11.3 Å². The highest BCUT2D eigenvalue weighted by Gasteiger charge is 2.34. The van der Waals surface area contributed by atoms with Crippen molar-refractivity contribution in [2.24, 2.45) is 5.92 Å². The first-order chi connectivity index (χ1) is 9.93. The van der Waals surface area contributed by atoms with Crippen molar-refractivity contribution in [2.45, 2.75) is 71.0 Å². The van der Waals surface area contributed by atoms with E-state index >= 15 is 0 Å². The van der Waals surface area contributed by atoms with Crippen LogP contribution in [0.3, 0.4) is 0 Å². The Labute approximate surface area is 133 Å². The number of nitrogens with zero attached hydrogens (tertiary/aromatic N) is 2. The number of aromatic nitrogens is 1. The predicted octanol–water partition coefficient (Wildman–Crippen LogP) is 3.40. The summed E-state index contributed by atoms with van der Waals surface area (Å²) in [5, 5.41) is 7.29. The standard InChI is InChI=1S/C17H29N3S/c1-12-7-8-18-14(13-5-6-13)9-20(12)10-16-19-15(11-21-16)17(2,3)4/h11-14,18H,5-10H2,1-4H3. The zero-order chi connectivity index (χ0) is 15.0. The molecule has 2 fully saturated rings. The van der Waals surface area contributed by atoms with Crippen LogP contribution in [-0.4, -0.2) is 35.1 Å². The second-order valence-corrected chi connectivity index (χ2v) is 8.78. The van der Waals surface area contributed by atoms with Crippen molar-refractivity contribution in [3.63, 3.8) is 0 Å². The van der Waals surface area contributed by atoms with E-state index in [1.807, 2.05) is 11.3 Å². The first-order valence-electron chi connectivity index (χ1n) is 8.36. The molecule has 3 rings (SSSR count). The number of hydrogen-bond donors (Lipinski definition) is 1. The van der Waals surface area contributed by atoms with Gasteiger partial charge in [-0.3, -0.25) is 4.90 Å². The van der Waals surface area contributed by atoms with Crippen LogP contribution in [0.15, 0.2) is 5.38 Å². The molecular weight excluding hydrogens is 278 g/mol. The smallest absolute Gasteiger partial charge is 0.107 e. The van der Waals surface area contributed by atoms with Gasteiger partial charge in [-0.15, -0.1) is 11.3 Å². The van der Waals surface area contributed by atoms with E-state index in [0.717, 1.165) is 12.5 Å². The lowest BCUT2D eigenvalue weighted by Crippen LogP contribution is -2.40. The molecule has 1 N–H and O–H groups in total. The Hall–Kier alpha value is -0.450. The Morgan fingerprint density at radius 2 is 2.10 bits per heavy atom. The molecule has 2 atom stereocenters. The molecule has 0 amide bonds. The summed E-state index contributed by atoms with van der Waals surface area (Å²) >= 11 is 1.83. The van der Waals surface area contributed by atoms with Gasteiger partial charge in [0.15, 0.2) is 0 Å². The maximum absolute atomic E-state index is 4.88. The van der Waals surface area contributed by atoms with Crippen LogP contribution in [0.5, 0.6) is 0 Å². The Morgan fingerprint density at radius 3 is 2.71 bits per heavy atom. The fourth-order valence-electron chi connectivity index (χ4n) is 3.09. The Balaban J connectivity index is 1.67. The third kappa shape index (κ3) is 3.85. The molecule has 1 aromatic heterocycles. The van der Waals surface area contributed by atoms with Crippen LogP contribution in [-0.2, 0) is 12.0 Å². The second-order valence-electron chi connectivity index (χ2n) is 7.84. The van der Waals surface area contributed by atoms with Crippen LogP contribution in [0.1, 0.15) is 57.7 Å². The Bertz CT molecular complexity index is 473. The number of thiazole rings is 1. The van der Waals surface area contributed by atoms with Gasteiger partial charge in [-0.25, -0.2) is 4.98 Å². The molecule has 1 saturated heterocycles. The monoisotopic (exact) mass is 307 g/mol. The largest absolute Gasteiger partial charge is 0.312 e. The molecule has 1 aromatic rings. The predicted molar refractivity (Wildman–Crippen MR) is 89.8 cm³/mol. The minimum atomic E-state index is 0.164. The lowest BCUT2D eigenvalue weighted by atomic mass is 9.93. The van der Waals surface area contributed by atoms with Crippen LogP contribution in [0.25, 0.3) is 0 Å². The lowest BCUT2D eigenvalue weighted by Gasteiger charge is -2.28. The molecule has 1 saturated carbocycles. The summed E-state index contributed by atoms with van der Waals surface area (Å²) in [5.74, 6) is 0.930. The van der Waals surface area contributed by atoms with Crippen molar-refractivity contribution in [1.82, 2.24) is 15.2 Å².